The molecule has 0 aliphatic carbocycles. The first kappa shape index (κ1) is 15.2. The number of rotatable bonds is 8. The molecule has 19 heavy (non-hydrogen) atoms. The van der Waals surface area contributed by atoms with Crippen LogP contribution in [0.1, 0.15) is 5.56 Å². The van der Waals surface area contributed by atoms with Gasteiger partial charge in [0, 0.05) is 9.85 Å². The van der Waals surface area contributed by atoms with Crippen LogP contribution in [0.4, 0.5) is 0 Å². The van der Waals surface area contributed by atoms with Gasteiger partial charge in [0.1, 0.15) is 5.75 Å². The van der Waals surface area contributed by atoms with E-state index in [0.717, 1.165) is 17.3 Å². The highest BCUT2D eigenvalue weighted by molar-refractivity contribution is 7.99. The van der Waals surface area contributed by atoms with Gasteiger partial charge < -0.3 is 4.74 Å². The standard InChI is InChI=1S/C11H14N2O5S/c1-18-10-4-2-9(3-5-10)8-11(13(16)17)19-7-6-12(14)15/h2-5,11H,6-8H2,1H3. The number of hydrogen-bond donors (Lipinski definition) is 0. The molecule has 0 spiro atoms. The van der Waals surface area contributed by atoms with Gasteiger partial charge in [0.25, 0.3) is 5.37 Å². The number of nitro groups is 2. The molecule has 0 saturated heterocycles. The molecule has 0 aliphatic heterocycles. The maximum absolute atomic E-state index is 10.9. The molecule has 1 atom stereocenters. The number of benzene rings is 1. The van der Waals surface area contributed by atoms with Crippen LogP contribution in [0.2, 0.25) is 0 Å². The second-order valence-corrected chi connectivity index (χ2v) is 5.01. The topological polar surface area (TPSA) is 95.5 Å². The summed E-state index contributed by atoms with van der Waals surface area (Å²) < 4.78 is 5.00. The van der Waals surface area contributed by atoms with Crippen molar-refractivity contribution in [3.05, 3.63) is 50.1 Å². The largest absolute Gasteiger partial charge is 0.497 e. The molecule has 0 N–H and O–H groups in total. The molecule has 0 aliphatic rings. The Morgan fingerprint density at radius 1 is 1.26 bits per heavy atom. The smallest absolute Gasteiger partial charge is 0.262 e. The molecule has 1 rings (SSSR count). The van der Waals surface area contributed by atoms with Crippen molar-refractivity contribution in [3.63, 3.8) is 0 Å². The van der Waals surface area contributed by atoms with Crippen molar-refractivity contribution < 1.29 is 14.6 Å². The fourth-order valence-corrected chi connectivity index (χ4v) is 2.38. The van der Waals surface area contributed by atoms with Crippen molar-refractivity contribution in [2.45, 2.75) is 11.8 Å². The van der Waals surface area contributed by atoms with Gasteiger partial charge in [0.05, 0.1) is 19.3 Å². The molecular formula is C11H14N2O5S. The molecule has 0 heterocycles. The SMILES string of the molecule is COc1ccc(CC(SCC[N+](=O)[O-])[N+](=O)[O-])cc1. The molecule has 0 fully saturated rings. The van der Waals surface area contributed by atoms with Crippen molar-refractivity contribution >= 4 is 11.8 Å². The highest BCUT2D eigenvalue weighted by Crippen LogP contribution is 2.19. The van der Waals surface area contributed by atoms with Gasteiger partial charge in [-0.2, -0.15) is 0 Å². The van der Waals surface area contributed by atoms with Crippen LogP contribution in [0.5, 0.6) is 5.75 Å². The number of nitrogens with zero attached hydrogens (tertiary/aromatic N) is 2. The number of thioether (sulfide) groups is 1. The molecular weight excluding hydrogens is 272 g/mol. The fraction of sp³-hybridized carbons (Fsp3) is 0.455. The number of methoxy groups -OCH3 is 1. The summed E-state index contributed by atoms with van der Waals surface area (Å²) in [6, 6.07) is 6.97. The third-order valence-corrected chi connectivity index (χ3v) is 3.53. The van der Waals surface area contributed by atoms with Crippen LogP contribution in [0.15, 0.2) is 24.3 Å². The minimum absolute atomic E-state index is 0.134. The summed E-state index contributed by atoms with van der Waals surface area (Å²) >= 11 is 0.991. The van der Waals surface area contributed by atoms with Gasteiger partial charge in [-0.1, -0.05) is 23.9 Å². The van der Waals surface area contributed by atoms with Crippen LogP contribution >= 0.6 is 11.8 Å². The molecule has 0 radical (unpaired) electrons. The van der Waals surface area contributed by atoms with Gasteiger partial charge in [0.2, 0.25) is 6.54 Å². The van der Waals surface area contributed by atoms with E-state index in [4.69, 9.17) is 4.74 Å². The van der Waals surface area contributed by atoms with E-state index >= 15 is 0 Å². The molecule has 1 aromatic rings. The minimum Gasteiger partial charge on any atom is -0.497 e. The zero-order chi connectivity index (χ0) is 14.3. The molecule has 0 amide bonds. The maximum Gasteiger partial charge on any atom is 0.262 e. The summed E-state index contributed by atoms with van der Waals surface area (Å²) in [5, 5.41) is 20.2. The monoisotopic (exact) mass is 286 g/mol. The summed E-state index contributed by atoms with van der Waals surface area (Å²) in [6.45, 7) is -0.266. The van der Waals surface area contributed by atoms with Crippen LogP contribution < -0.4 is 4.74 Å². The van der Waals surface area contributed by atoms with E-state index in [2.05, 4.69) is 0 Å². The van der Waals surface area contributed by atoms with Gasteiger partial charge in [0.15, 0.2) is 0 Å². The Balaban J connectivity index is 2.56. The van der Waals surface area contributed by atoms with Gasteiger partial charge in [-0.15, -0.1) is 0 Å². The molecule has 1 aromatic carbocycles. The first-order valence-electron chi connectivity index (χ1n) is 5.52. The van der Waals surface area contributed by atoms with Crippen molar-refractivity contribution in [2.75, 3.05) is 19.4 Å². The second-order valence-electron chi connectivity index (χ2n) is 3.72. The lowest BCUT2D eigenvalue weighted by Gasteiger charge is -2.08. The Kier molecular flexibility index (Phi) is 6.07. The quantitative estimate of drug-likeness (QED) is 0.411. The summed E-state index contributed by atoms with van der Waals surface area (Å²) in [4.78, 5) is 20.2. The van der Waals surface area contributed by atoms with E-state index in [0.29, 0.717) is 5.75 Å². The summed E-state index contributed by atoms with van der Waals surface area (Å²) in [5.74, 6) is 0.817. The highest BCUT2D eigenvalue weighted by atomic mass is 32.2. The highest BCUT2D eigenvalue weighted by Gasteiger charge is 2.22. The van der Waals surface area contributed by atoms with E-state index in [9.17, 15) is 20.2 Å². The first-order valence-corrected chi connectivity index (χ1v) is 6.57. The molecule has 104 valence electrons. The number of ether oxygens (including phenoxy) is 1. The van der Waals surface area contributed by atoms with Crippen LogP contribution in [0.25, 0.3) is 0 Å². The van der Waals surface area contributed by atoms with E-state index in [1.165, 1.54) is 0 Å². The van der Waals surface area contributed by atoms with E-state index in [1.807, 2.05) is 0 Å². The average molecular weight is 286 g/mol. The first-order chi connectivity index (χ1) is 9.02. The minimum atomic E-state index is -0.867. The Labute approximate surface area is 114 Å². The molecule has 0 bridgehead atoms. The summed E-state index contributed by atoms with van der Waals surface area (Å²) in [7, 11) is 1.54. The van der Waals surface area contributed by atoms with Crippen LogP contribution in [0.3, 0.4) is 0 Å². The van der Waals surface area contributed by atoms with Crippen molar-refractivity contribution in [3.8, 4) is 5.75 Å². The Morgan fingerprint density at radius 3 is 2.37 bits per heavy atom. The predicted molar refractivity (Wildman–Crippen MR) is 71.8 cm³/mol. The van der Waals surface area contributed by atoms with Gasteiger partial charge >= 0.3 is 0 Å². The second kappa shape index (κ2) is 7.57. The lowest BCUT2D eigenvalue weighted by Crippen LogP contribution is -2.20. The van der Waals surface area contributed by atoms with Crippen LogP contribution in [-0.4, -0.2) is 34.6 Å². The van der Waals surface area contributed by atoms with Gasteiger partial charge in [-0.05, 0) is 17.7 Å². The molecule has 0 saturated carbocycles. The predicted octanol–water partition coefficient (Wildman–Crippen LogP) is 1.85. The Morgan fingerprint density at radius 2 is 1.89 bits per heavy atom. The Hall–Kier alpha value is -1.83. The molecule has 7 nitrogen and oxygen atoms in total. The van der Waals surface area contributed by atoms with Crippen LogP contribution in [-0.2, 0) is 6.42 Å². The fourth-order valence-electron chi connectivity index (χ4n) is 1.42. The van der Waals surface area contributed by atoms with Crippen molar-refractivity contribution in [2.24, 2.45) is 0 Å². The lowest BCUT2D eigenvalue weighted by atomic mass is 10.1. The molecule has 8 heteroatoms. The van der Waals surface area contributed by atoms with Crippen molar-refractivity contribution in [1.29, 1.82) is 0 Å². The Bertz CT molecular complexity index is 437. The van der Waals surface area contributed by atoms with Crippen LogP contribution in [0, 0.1) is 20.2 Å². The number of hydrogen-bond acceptors (Lipinski definition) is 6. The molecule has 0 aromatic heterocycles. The van der Waals surface area contributed by atoms with Crippen molar-refractivity contribution in [1.82, 2.24) is 0 Å². The van der Waals surface area contributed by atoms with E-state index in [-0.39, 0.29) is 18.7 Å². The van der Waals surface area contributed by atoms with Gasteiger partial charge in [-0.25, -0.2) is 0 Å². The normalized spacial score (nSPS) is 11.8. The zero-order valence-corrected chi connectivity index (χ0v) is 11.2. The van der Waals surface area contributed by atoms with Gasteiger partial charge in [-0.3, -0.25) is 20.2 Å². The maximum atomic E-state index is 10.9. The third kappa shape index (κ3) is 5.56. The zero-order valence-electron chi connectivity index (χ0n) is 10.4. The van der Waals surface area contributed by atoms with E-state index in [1.54, 1.807) is 31.4 Å². The molecule has 1 unspecified atom stereocenters. The summed E-state index contributed by atoms with van der Waals surface area (Å²) in [5.41, 5.74) is 0.802. The van der Waals surface area contributed by atoms with E-state index < -0.39 is 15.2 Å². The lowest BCUT2D eigenvalue weighted by molar-refractivity contribution is -0.495. The summed E-state index contributed by atoms with van der Waals surface area (Å²) in [6.07, 6.45) is 0.235. The average Bonchev–Trinajstić information content (AvgIpc) is 2.37. The third-order valence-electron chi connectivity index (χ3n) is 2.39.